The molecular formula is C21H20Cl2N2O. The average molecular weight is 387 g/mol. The summed E-state index contributed by atoms with van der Waals surface area (Å²) in [6, 6.07) is 23.5. The molecule has 0 aliphatic heterocycles. The summed E-state index contributed by atoms with van der Waals surface area (Å²) in [4.78, 5) is 0. The third-order valence-corrected chi connectivity index (χ3v) is 4.29. The van der Waals surface area contributed by atoms with Crippen molar-refractivity contribution < 1.29 is 4.74 Å². The van der Waals surface area contributed by atoms with Crippen LogP contribution in [0.4, 0.5) is 17.1 Å². The molecule has 3 nitrogen and oxygen atoms in total. The molecule has 3 rings (SSSR count). The first kappa shape index (κ1) is 18.4. The molecule has 0 heterocycles. The summed E-state index contributed by atoms with van der Waals surface area (Å²) in [5.41, 5.74) is 3.13. The van der Waals surface area contributed by atoms with Crippen LogP contribution in [0.15, 0.2) is 72.8 Å². The van der Waals surface area contributed by atoms with Crippen molar-refractivity contribution in [1.29, 1.82) is 0 Å². The summed E-state index contributed by atoms with van der Waals surface area (Å²) in [5.74, 6) is 0.632. The topological polar surface area (TPSA) is 33.3 Å². The highest BCUT2D eigenvalue weighted by Crippen LogP contribution is 2.28. The predicted octanol–water partition coefficient (Wildman–Crippen LogP) is 6.62. The van der Waals surface area contributed by atoms with Gasteiger partial charge >= 0.3 is 0 Å². The monoisotopic (exact) mass is 386 g/mol. The molecule has 0 saturated heterocycles. The lowest BCUT2D eigenvalue weighted by atomic mass is 10.2. The van der Waals surface area contributed by atoms with Crippen molar-refractivity contribution >= 4 is 40.3 Å². The van der Waals surface area contributed by atoms with Gasteiger partial charge in [-0.1, -0.05) is 41.4 Å². The first-order valence-corrected chi connectivity index (χ1v) is 9.13. The Morgan fingerprint density at radius 1 is 0.846 bits per heavy atom. The molecule has 26 heavy (non-hydrogen) atoms. The van der Waals surface area contributed by atoms with Crippen LogP contribution >= 0.6 is 23.2 Å². The number of nitrogens with one attached hydrogen (secondary N) is 2. The zero-order valence-corrected chi connectivity index (χ0v) is 15.9. The first-order chi connectivity index (χ1) is 12.6. The highest BCUT2D eigenvalue weighted by Gasteiger charge is 2.08. The van der Waals surface area contributed by atoms with E-state index >= 15 is 0 Å². The molecule has 0 aliphatic carbocycles. The number of hydrogen-bond donors (Lipinski definition) is 2. The van der Waals surface area contributed by atoms with Gasteiger partial charge in [0.2, 0.25) is 0 Å². The van der Waals surface area contributed by atoms with Crippen molar-refractivity contribution in [3.05, 3.63) is 82.8 Å². The van der Waals surface area contributed by atoms with Crippen LogP contribution in [-0.4, -0.2) is 12.6 Å². The van der Waals surface area contributed by atoms with Crippen LogP contribution in [0.5, 0.6) is 5.75 Å². The van der Waals surface area contributed by atoms with Crippen LogP contribution in [0.3, 0.4) is 0 Å². The van der Waals surface area contributed by atoms with Gasteiger partial charge in [0.05, 0.1) is 11.6 Å². The highest BCUT2D eigenvalue weighted by molar-refractivity contribution is 6.35. The molecule has 1 atom stereocenters. The molecule has 5 heteroatoms. The van der Waals surface area contributed by atoms with Crippen LogP contribution in [0.25, 0.3) is 0 Å². The number of rotatable bonds is 7. The van der Waals surface area contributed by atoms with E-state index in [-0.39, 0.29) is 6.10 Å². The molecule has 0 spiro atoms. The highest BCUT2D eigenvalue weighted by atomic mass is 35.5. The van der Waals surface area contributed by atoms with E-state index in [1.54, 1.807) is 18.2 Å². The van der Waals surface area contributed by atoms with Gasteiger partial charge in [0.1, 0.15) is 11.9 Å². The molecular weight excluding hydrogens is 367 g/mol. The Kier molecular flexibility index (Phi) is 6.26. The minimum Gasteiger partial charge on any atom is -0.487 e. The van der Waals surface area contributed by atoms with E-state index in [1.807, 2.05) is 61.5 Å². The Morgan fingerprint density at radius 3 is 2.19 bits per heavy atom. The van der Waals surface area contributed by atoms with Crippen LogP contribution in [0.1, 0.15) is 6.92 Å². The fraction of sp³-hybridized carbons (Fsp3) is 0.143. The molecule has 0 amide bonds. The lowest BCUT2D eigenvalue weighted by molar-refractivity contribution is 0.235. The molecule has 3 aromatic carbocycles. The van der Waals surface area contributed by atoms with Gasteiger partial charge in [-0.2, -0.15) is 0 Å². The zero-order chi connectivity index (χ0) is 18.4. The van der Waals surface area contributed by atoms with Crippen LogP contribution in [0, 0.1) is 0 Å². The van der Waals surface area contributed by atoms with Crippen molar-refractivity contribution in [2.75, 3.05) is 17.2 Å². The summed E-state index contributed by atoms with van der Waals surface area (Å²) in [5, 5.41) is 7.84. The van der Waals surface area contributed by atoms with Gasteiger partial charge in [-0.25, -0.2) is 0 Å². The largest absolute Gasteiger partial charge is 0.487 e. The van der Waals surface area contributed by atoms with Gasteiger partial charge in [-0.05, 0) is 61.5 Å². The van der Waals surface area contributed by atoms with Crippen molar-refractivity contribution in [3.63, 3.8) is 0 Å². The SMILES string of the molecule is CC(CNc1ccc(Nc2ccccc2)cc1)Oc1ccc(Cl)cc1Cl. The molecule has 1 unspecified atom stereocenters. The standard InChI is InChI=1S/C21H20Cl2N2O/c1-15(26-21-12-7-16(22)13-20(21)23)14-24-17-8-10-19(11-9-17)25-18-5-3-2-4-6-18/h2-13,15,24-25H,14H2,1H3. The van der Waals surface area contributed by atoms with E-state index in [1.165, 1.54) is 0 Å². The van der Waals surface area contributed by atoms with Gasteiger partial charge in [0.25, 0.3) is 0 Å². The lowest BCUT2D eigenvalue weighted by Gasteiger charge is -2.17. The van der Waals surface area contributed by atoms with Crippen molar-refractivity contribution in [2.24, 2.45) is 0 Å². The molecule has 2 N–H and O–H groups in total. The zero-order valence-electron chi connectivity index (χ0n) is 14.4. The molecule has 0 aliphatic rings. The number of benzene rings is 3. The number of hydrogen-bond acceptors (Lipinski definition) is 3. The maximum Gasteiger partial charge on any atom is 0.138 e. The van der Waals surface area contributed by atoms with E-state index in [9.17, 15) is 0 Å². The third kappa shape index (κ3) is 5.32. The molecule has 0 aromatic heterocycles. The smallest absolute Gasteiger partial charge is 0.138 e. The van der Waals surface area contributed by atoms with E-state index in [2.05, 4.69) is 10.6 Å². The summed E-state index contributed by atoms with van der Waals surface area (Å²) >= 11 is 12.0. The third-order valence-electron chi connectivity index (χ3n) is 3.76. The van der Waals surface area contributed by atoms with Crippen LogP contribution in [-0.2, 0) is 0 Å². The van der Waals surface area contributed by atoms with Gasteiger partial charge in [-0.3, -0.25) is 0 Å². The Balaban J connectivity index is 1.51. The van der Waals surface area contributed by atoms with Gasteiger partial charge in [0.15, 0.2) is 0 Å². The first-order valence-electron chi connectivity index (χ1n) is 8.38. The molecule has 0 radical (unpaired) electrons. The predicted molar refractivity (Wildman–Crippen MR) is 111 cm³/mol. The second kappa shape index (κ2) is 8.84. The Bertz CT molecular complexity index is 838. The summed E-state index contributed by atoms with van der Waals surface area (Å²) in [6.45, 7) is 2.65. The van der Waals surface area contributed by atoms with E-state index < -0.39 is 0 Å². The Morgan fingerprint density at radius 2 is 1.50 bits per heavy atom. The van der Waals surface area contributed by atoms with Crippen LogP contribution in [0.2, 0.25) is 10.0 Å². The lowest BCUT2D eigenvalue weighted by Crippen LogP contribution is -2.22. The number of anilines is 3. The number of halogens is 2. The maximum atomic E-state index is 6.14. The average Bonchev–Trinajstić information content (AvgIpc) is 2.64. The Labute approximate surface area is 163 Å². The Hall–Kier alpha value is -2.36. The molecule has 0 saturated carbocycles. The molecule has 134 valence electrons. The van der Waals surface area contributed by atoms with E-state index in [0.717, 1.165) is 17.1 Å². The normalized spacial score (nSPS) is 11.7. The minimum absolute atomic E-state index is 0.0456. The quantitative estimate of drug-likeness (QED) is 0.478. The fourth-order valence-corrected chi connectivity index (χ4v) is 2.90. The molecule has 3 aromatic rings. The van der Waals surface area contributed by atoms with Crippen molar-refractivity contribution in [2.45, 2.75) is 13.0 Å². The number of ether oxygens (including phenoxy) is 1. The summed E-state index contributed by atoms with van der Waals surface area (Å²) in [6.07, 6.45) is -0.0456. The van der Waals surface area contributed by atoms with Gasteiger partial charge in [0, 0.05) is 22.1 Å². The molecule has 0 fully saturated rings. The second-order valence-electron chi connectivity index (χ2n) is 5.95. The van der Waals surface area contributed by atoms with Crippen LogP contribution < -0.4 is 15.4 Å². The fourth-order valence-electron chi connectivity index (χ4n) is 2.45. The minimum atomic E-state index is -0.0456. The molecule has 0 bridgehead atoms. The van der Waals surface area contributed by atoms with Gasteiger partial charge < -0.3 is 15.4 Å². The maximum absolute atomic E-state index is 6.14. The summed E-state index contributed by atoms with van der Waals surface area (Å²) in [7, 11) is 0. The van der Waals surface area contributed by atoms with Crippen molar-refractivity contribution in [1.82, 2.24) is 0 Å². The van der Waals surface area contributed by atoms with Crippen molar-refractivity contribution in [3.8, 4) is 5.75 Å². The number of para-hydroxylation sites is 1. The van der Waals surface area contributed by atoms with E-state index in [4.69, 9.17) is 27.9 Å². The second-order valence-corrected chi connectivity index (χ2v) is 6.80. The summed E-state index contributed by atoms with van der Waals surface area (Å²) < 4.78 is 5.86. The van der Waals surface area contributed by atoms with Gasteiger partial charge in [-0.15, -0.1) is 0 Å². The van der Waals surface area contributed by atoms with E-state index in [0.29, 0.717) is 22.3 Å².